The molecule has 2 aromatic carbocycles. The van der Waals surface area contributed by atoms with Crippen LogP contribution in [0.4, 0.5) is 10.1 Å². The molecule has 2 aromatic rings. The number of nitrogens with two attached hydrogens (primary N) is 1. The van der Waals surface area contributed by atoms with E-state index in [1.165, 1.54) is 12.1 Å². The van der Waals surface area contributed by atoms with Crippen molar-refractivity contribution in [1.29, 1.82) is 0 Å². The molecule has 0 saturated carbocycles. The fraction of sp³-hybridized carbons (Fsp3) is 0.478. The zero-order valence-electron chi connectivity index (χ0n) is 18.1. The van der Waals surface area contributed by atoms with Crippen molar-refractivity contribution in [2.45, 2.75) is 23.2 Å². The van der Waals surface area contributed by atoms with Crippen LogP contribution in [0.3, 0.4) is 0 Å². The normalized spacial score (nSPS) is 19.4. The van der Waals surface area contributed by atoms with Gasteiger partial charge in [0.05, 0.1) is 24.8 Å². The lowest BCUT2D eigenvalue weighted by Gasteiger charge is -2.35. The monoisotopic (exact) mass is 447 g/mol. The van der Waals surface area contributed by atoms with Gasteiger partial charge < -0.3 is 24.8 Å². The molecule has 8 heteroatoms. The highest BCUT2D eigenvalue weighted by Crippen LogP contribution is 2.49. The largest absolute Gasteiger partial charge is 0.497 e. The van der Waals surface area contributed by atoms with E-state index in [9.17, 15) is 4.39 Å². The molecule has 0 spiro atoms. The van der Waals surface area contributed by atoms with Gasteiger partial charge in [-0.05, 0) is 56.1 Å². The first-order chi connectivity index (χ1) is 15.1. The molecule has 4 rings (SSSR count). The van der Waals surface area contributed by atoms with E-state index in [1.54, 1.807) is 38.1 Å². The zero-order valence-corrected chi connectivity index (χ0v) is 18.9. The first-order valence-corrected chi connectivity index (χ1v) is 11.5. The minimum atomic E-state index is -0.245. The molecule has 2 aliphatic rings. The number of ether oxygens (including phenoxy) is 3. The minimum Gasteiger partial charge on any atom is -0.497 e. The lowest BCUT2D eigenvalue weighted by atomic mass is 9.96. The van der Waals surface area contributed by atoms with Crippen LogP contribution in [-0.4, -0.2) is 57.4 Å². The maximum Gasteiger partial charge on any atom is 0.138 e. The summed E-state index contributed by atoms with van der Waals surface area (Å²) in [6.45, 7) is 4.50. The fourth-order valence-corrected chi connectivity index (χ4v) is 5.31. The molecule has 2 aliphatic heterocycles. The van der Waals surface area contributed by atoms with E-state index < -0.39 is 0 Å². The van der Waals surface area contributed by atoms with Crippen molar-refractivity contribution < 1.29 is 18.6 Å². The summed E-state index contributed by atoms with van der Waals surface area (Å²) in [5, 5.41) is 0. The lowest BCUT2D eigenvalue weighted by Crippen LogP contribution is -2.43. The molecule has 1 fully saturated rings. The number of benzene rings is 2. The van der Waals surface area contributed by atoms with E-state index in [0.29, 0.717) is 18.3 Å². The van der Waals surface area contributed by atoms with Crippen LogP contribution in [0, 0.1) is 11.7 Å². The van der Waals surface area contributed by atoms with Gasteiger partial charge in [0.15, 0.2) is 0 Å². The zero-order chi connectivity index (χ0) is 21.8. The van der Waals surface area contributed by atoms with Crippen LogP contribution < -0.4 is 24.8 Å². The second-order valence-electron chi connectivity index (χ2n) is 7.93. The van der Waals surface area contributed by atoms with Crippen LogP contribution in [0.5, 0.6) is 17.2 Å². The number of hydrogen-bond donors (Lipinski definition) is 1. The summed E-state index contributed by atoms with van der Waals surface area (Å²) in [6.07, 6.45) is 2.25. The Morgan fingerprint density at radius 2 is 1.81 bits per heavy atom. The SMILES string of the molecule is COc1cc(OC)c2c(c1)N(CC1CCN(CCOc3ccc(F)cc3)CC1)C(N)S2. The molecular formula is C23H30FN3O3S. The molecule has 1 saturated heterocycles. The first-order valence-electron chi connectivity index (χ1n) is 10.6. The number of fused-ring (bicyclic) bond motifs is 1. The third-order valence-corrected chi connectivity index (χ3v) is 7.11. The van der Waals surface area contributed by atoms with E-state index in [-0.39, 0.29) is 11.3 Å². The summed E-state index contributed by atoms with van der Waals surface area (Å²) in [5.41, 5.74) is 7.45. The molecule has 0 bridgehead atoms. The van der Waals surface area contributed by atoms with E-state index in [1.807, 2.05) is 6.07 Å². The minimum absolute atomic E-state index is 0.113. The Morgan fingerprint density at radius 1 is 1.06 bits per heavy atom. The number of anilines is 1. The van der Waals surface area contributed by atoms with Gasteiger partial charge in [-0.2, -0.15) is 0 Å². The summed E-state index contributed by atoms with van der Waals surface area (Å²) in [4.78, 5) is 5.80. The van der Waals surface area contributed by atoms with Crippen LogP contribution in [0.25, 0.3) is 0 Å². The number of methoxy groups -OCH3 is 2. The maximum absolute atomic E-state index is 13.0. The third kappa shape index (κ3) is 5.19. The predicted octanol–water partition coefficient (Wildman–Crippen LogP) is 3.79. The van der Waals surface area contributed by atoms with Gasteiger partial charge in [-0.15, -0.1) is 0 Å². The molecule has 2 heterocycles. The molecule has 168 valence electrons. The number of thioether (sulfide) groups is 1. The molecule has 0 radical (unpaired) electrons. The van der Waals surface area contributed by atoms with E-state index in [0.717, 1.165) is 61.1 Å². The highest BCUT2D eigenvalue weighted by Gasteiger charge is 2.33. The maximum atomic E-state index is 13.0. The molecule has 31 heavy (non-hydrogen) atoms. The van der Waals surface area contributed by atoms with Gasteiger partial charge in [-0.25, -0.2) is 4.39 Å². The van der Waals surface area contributed by atoms with Crippen LogP contribution in [0.1, 0.15) is 12.8 Å². The molecule has 2 N–H and O–H groups in total. The van der Waals surface area contributed by atoms with Crippen molar-refractivity contribution in [3.05, 3.63) is 42.2 Å². The summed E-state index contributed by atoms with van der Waals surface area (Å²) in [6, 6.07) is 10.1. The van der Waals surface area contributed by atoms with Gasteiger partial charge in [0.25, 0.3) is 0 Å². The lowest BCUT2D eigenvalue weighted by molar-refractivity contribution is 0.156. The highest BCUT2D eigenvalue weighted by atomic mass is 32.2. The molecule has 0 aromatic heterocycles. The smallest absolute Gasteiger partial charge is 0.138 e. The third-order valence-electron chi connectivity index (χ3n) is 5.97. The topological polar surface area (TPSA) is 60.2 Å². The standard InChI is InChI=1S/C23H30FN3O3S/c1-28-19-13-20-22(21(14-19)29-2)31-23(25)27(20)15-16-7-9-26(10-8-16)11-12-30-18-5-3-17(24)4-6-18/h3-6,13-14,16,23H,7-12,15,25H2,1-2H3. The molecule has 0 amide bonds. The Bertz CT molecular complexity index is 875. The Morgan fingerprint density at radius 3 is 2.48 bits per heavy atom. The summed E-state index contributed by atoms with van der Waals surface area (Å²) < 4.78 is 29.7. The molecule has 0 aliphatic carbocycles. The van der Waals surface area contributed by atoms with Gasteiger partial charge in [0.1, 0.15) is 35.2 Å². The average molecular weight is 448 g/mol. The number of hydrogen-bond acceptors (Lipinski definition) is 7. The molecule has 1 atom stereocenters. The van der Waals surface area contributed by atoms with Gasteiger partial charge in [-0.1, -0.05) is 11.8 Å². The van der Waals surface area contributed by atoms with Crippen molar-refractivity contribution in [3.8, 4) is 17.2 Å². The van der Waals surface area contributed by atoms with Crippen LogP contribution in [0.15, 0.2) is 41.3 Å². The Kier molecular flexibility index (Phi) is 7.09. The molecular weight excluding hydrogens is 417 g/mol. The van der Waals surface area contributed by atoms with Crippen molar-refractivity contribution >= 4 is 17.4 Å². The van der Waals surface area contributed by atoms with Crippen LogP contribution >= 0.6 is 11.8 Å². The molecule has 6 nitrogen and oxygen atoms in total. The van der Waals surface area contributed by atoms with Gasteiger partial charge in [0.2, 0.25) is 0 Å². The van der Waals surface area contributed by atoms with Gasteiger partial charge >= 0.3 is 0 Å². The van der Waals surface area contributed by atoms with Crippen molar-refractivity contribution in [2.75, 3.05) is 51.9 Å². The highest BCUT2D eigenvalue weighted by molar-refractivity contribution is 8.00. The Labute approximate surface area is 187 Å². The van der Waals surface area contributed by atoms with Gasteiger partial charge in [0, 0.05) is 25.2 Å². The quantitative estimate of drug-likeness (QED) is 0.661. The van der Waals surface area contributed by atoms with Crippen molar-refractivity contribution in [1.82, 2.24) is 4.90 Å². The van der Waals surface area contributed by atoms with E-state index in [4.69, 9.17) is 19.9 Å². The van der Waals surface area contributed by atoms with E-state index >= 15 is 0 Å². The van der Waals surface area contributed by atoms with E-state index in [2.05, 4.69) is 15.9 Å². The molecule has 1 unspecified atom stereocenters. The van der Waals surface area contributed by atoms with Crippen LogP contribution in [0.2, 0.25) is 0 Å². The van der Waals surface area contributed by atoms with Crippen molar-refractivity contribution in [2.24, 2.45) is 11.7 Å². The summed E-state index contributed by atoms with van der Waals surface area (Å²) in [5.74, 6) is 2.65. The summed E-state index contributed by atoms with van der Waals surface area (Å²) >= 11 is 1.64. The number of likely N-dealkylation sites (tertiary alicyclic amines) is 1. The van der Waals surface area contributed by atoms with Gasteiger partial charge in [-0.3, -0.25) is 4.90 Å². The number of nitrogens with zero attached hydrogens (tertiary/aromatic N) is 2. The summed E-state index contributed by atoms with van der Waals surface area (Å²) in [7, 11) is 3.35. The van der Waals surface area contributed by atoms with Crippen molar-refractivity contribution in [3.63, 3.8) is 0 Å². The number of piperidine rings is 1. The second-order valence-corrected chi connectivity index (χ2v) is 9.05. The fourth-order valence-electron chi connectivity index (χ4n) is 4.18. The van der Waals surface area contributed by atoms with Crippen LogP contribution in [-0.2, 0) is 0 Å². The Hall–Kier alpha value is -2.16. The average Bonchev–Trinajstić information content (AvgIpc) is 3.10. The Balaban J connectivity index is 1.28. The first kappa shape index (κ1) is 22.0. The predicted molar refractivity (Wildman–Crippen MR) is 122 cm³/mol. The number of rotatable bonds is 8. The second kappa shape index (κ2) is 9.97. The number of halogens is 1.